The number of unbranched alkanes of at least 4 members (excludes halogenated alkanes) is 1. The van der Waals surface area contributed by atoms with Gasteiger partial charge < -0.3 is 4.74 Å². The summed E-state index contributed by atoms with van der Waals surface area (Å²) in [5, 5.41) is 16.1. The van der Waals surface area contributed by atoms with E-state index in [-0.39, 0.29) is 30.2 Å². The first-order chi connectivity index (χ1) is 14.1. The topological polar surface area (TPSA) is 65.1 Å². The van der Waals surface area contributed by atoms with Gasteiger partial charge in [0.15, 0.2) is 0 Å². The highest BCUT2D eigenvalue weighted by molar-refractivity contribution is 7.78. The SMILES string of the molecule is CCCC.CN(S)C(=N)n1cc(C2CC2)c(OCC2(C(F)(F)F)CCCC2)cc1=N. The van der Waals surface area contributed by atoms with E-state index in [1.807, 2.05) is 0 Å². The maximum atomic E-state index is 13.6. The van der Waals surface area contributed by atoms with E-state index >= 15 is 0 Å². The molecule has 0 spiro atoms. The largest absolute Gasteiger partial charge is 0.492 e. The lowest BCUT2D eigenvalue weighted by Crippen LogP contribution is -2.41. The predicted molar refractivity (Wildman–Crippen MR) is 115 cm³/mol. The van der Waals surface area contributed by atoms with Crippen LogP contribution in [0.3, 0.4) is 0 Å². The van der Waals surface area contributed by atoms with E-state index in [9.17, 15) is 13.2 Å². The molecule has 2 aliphatic rings. The lowest BCUT2D eigenvalue weighted by Gasteiger charge is -2.31. The molecule has 0 amide bonds. The lowest BCUT2D eigenvalue weighted by atomic mass is 9.86. The van der Waals surface area contributed by atoms with Gasteiger partial charge in [0, 0.05) is 24.9 Å². The summed E-state index contributed by atoms with van der Waals surface area (Å²) < 4.78 is 49.0. The fourth-order valence-corrected chi connectivity index (χ4v) is 3.58. The molecule has 1 heterocycles. The second-order valence-corrected chi connectivity index (χ2v) is 8.84. The molecule has 2 aliphatic carbocycles. The van der Waals surface area contributed by atoms with Gasteiger partial charge in [0.2, 0.25) is 5.96 Å². The van der Waals surface area contributed by atoms with Crippen molar-refractivity contribution < 1.29 is 17.9 Å². The van der Waals surface area contributed by atoms with Crippen molar-refractivity contribution in [1.29, 1.82) is 10.8 Å². The Hall–Kier alpha value is -1.64. The normalized spacial score (nSPS) is 17.8. The van der Waals surface area contributed by atoms with Gasteiger partial charge in [0.05, 0.1) is 5.41 Å². The number of thiol groups is 1. The van der Waals surface area contributed by atoms with Gasteiger partial charge in [0.1, 0.15) is 17.8 Å². The molecular formula is C21H33F3N4OS. The minimum absolute atomic E-state index is 0.00524. The van der Waals surface area contributed by atoms with Crippen LogP contribution in [-0.4, -0.2) is 34.7 Å². The van der Waals surface area contributed by atoms with E-state index in [0.29, 0.717) is 18.6 Å². The van der Waals surface area contributed by atoms with Gasteiger partial charge in [-0.05, 0) is 31.6 Å². The Morgan fingerprint density at radius 3 is 2.27 bits per heavy atom. The molecule has 2 N–H and O–H groups in total. The highest BCUT2D eigenvalue weighted by atomic mass is 32.1. The molecule has 5 nitrogen and oxygen atoms in total. The van der Waals surface area contributed by atoms with Crippen molar-refractivity contribution in [2.24, 2.45) is 5.41 Å². The van der Waals surface area contributed by atoms with Crippen molar-refractivity contribution in [1.82, 2.24) is 8.87 Å². The zero-order valence-corrected chi connectivity index (χ0v) is 18.9. The number of aromatic nitrogens is 1. The number of ether oxygens (including phenoxy) is 1. The monoisotopic (exact) mass is 446 g/mol. The summed E-state index contributed by atoms with van der Waals surface area (Å²) in [6, 6.07) is 1.42. The van der Waals surface area contributed by atoms with E-state index in [4.69, 9.17) is 15.6 Å². The molecular weight excluding hydrogens is 413 g/mol. The van der Waals surface area contributed by atoms with Crippen LogP contribution in [0.4, 0.5) is 13.2 Å². The van der Waals surface area contributed by atoms with Crippen molar-refractivity contribution >= 4 is 18.8 Å². The van der Waals surface area contributed by atoms with Gasteiger partial charge >= 0.3 is 6.18 Å². The van der Waals surface area contributed by atoms with E-state index in [0.717, 1.165) is 18.4 Å². The number of hydrogen-bond acceptors (Lipinski definition) is 4. The Balaban J connectivity index is 0.000000735. The number of hydrogen-bond donors (Lipinski definition) is 3. The molecule has 0 bridgehead atoms. The quantitative estimate of drug-likeness (QED) is 0.308. The van der Waals surface area contributed by atoms with Crippen LogP contribution in [-0.2, 0) is 0 Å². The van der Waals surface area contributed by atoms with Crippen LogP contribution >= 0.6 is 12.8 Å². The Labute approximate surface area is 182 Å². The smallest absolute Gasteiger partial charge is 0.397 e. The molecule has 1 aromatic heterocycles. The van der Waals surface area contributed by atoms with E-state index in [2.05, 4.69) is 26.7 Å². The van der Waals surface area contributed by atoms with Gasteiger partial charge in [0.25, 0.3) is 0 Å². The summed E-state index contributed by atoms with van der Waals surface area (Å²) in [6.07, 6.45) is 3.13. The van der Waals surface area contributed by atoms with Crippen molar-refractivity contribution in [3.05, 3.63) is 23.3 Å². The van der Waals surface area contributed by atoms with Crippen LogP contribution in [0.15, 0.2) is 12.3 Å². The number of alkyl halides is 3. The van der Waals surface area contributed by atoms with E-state index in [1.54, 1.807) is 13.2 Å². The number of halogens is 3. The van der Waals surface area contributed by atoms with Crippen LogP contribution in [0, 0.1) is 16.2 Å². The average molecular weight is 447 g/mol. The third-order valence-electron chi connectivity index (χ3n) is 5.80. The van der Waals surface area contributed by atoms with Crippen LogP contribution in [0.2, 0.25) is 0 Å². The number of nitrogens with one attached hydrogen (secondary N) is 2. The zero-order valence-electron chi connectivity index (χ0n) is 18.0. The van der Waals surface area contributed by atoms with Crippen molar-refractivity contribution in [3.8, 4) is 5.75 Å². The van der Waals surface area contributed by atoms with Gasteiger partial charge in [-0.25, -0.2) is 0 Å². The standard InChI is InChI=1S/C17H23F3N4OS.C4H10/c1-23(26)15(22)24-9-12(11-4-5-11)13(8-14(24)21)25-10-16(17(18,19)20)6-2-3-7-16;1-3-4-2/h8-9,11,21-22,26H,2-7,10H2,1H3;3-4H2,1-2H3. The first-order valence-corrected chi connectivity index (χ1v) is 11.0. The maximum absolute atomic E-state index is 13.6. The molecule has 170 valence electrons. The Kier molecular flexibility index (Phi) is 8.30. The molecule has 0 atom stereocenters. The van der Waals surface area contributed by atoms with Crippen molar-refractivity contribution in [2.45, 2.75) is 77.3 Å². The van der Waals surface area contributed by atoms with Crippen molar-refractivity contribution in [3.63, 3.8) is 0 Å². The second kappa shape index (κ2) is 10.1. The Morgan fingerprint density at radius 2 is 1.83 bits per heavy atom. The molecule has 0 aliphatic heterocycles. The molecule has 2 saturated carbocycles. The zero-order chi connectivity index (χ0) is 22.5. The lowest BCUT2D eigenvalue weighted by molar-refractivity contribution is -0.230. The maximum Gasteiger partial charge on any atom is 0.397 e. The summed E-state index contributed by atoms with van der Waals surface area (Å²) in [5.74, 6) is 0.536. The van der Waals surface area contributed by atoms with Crippen LogP contribution in [0.5, 0.6) is 5.75 Å². The molecule has 0 saturated heterocycles. The van der Waals surface area contributed by atoms with Crippen LogP contribution < -0.4 is 10.2 Å². The van der Waals surface area contributed by atoms with Crippen LogP contribution in [0.25, 0.3) is 0 Å². The van der Waals surface area contributed by atoms with E-state index in [1.165, 1.54) is 27.8 Å². The minimum atomic E-state index is -4.29. The second-order valence-electron chi connectivity index (χ2n) is 8.24. The third-order valence-corrected chi connectivity index (χ3v) is 5.99. The first kappa shape index (κ1) is 24.6. The number of rotatable bonds is 5. The fourth-order valence-electron chi connectivity index (χ4n) is 3.48. The molecule has 30 heavy (non-hydrogen) atoms. The van der Waals surface area contributed by atoms with Gasteiger partial charge in [-0.3, -0.25) is 19.7 Å². The molecule has 3 rings (SSSR count). The Bertz CT molecular complexity index is 779. The van der Waals surface area contributed by atoms with Gasteiger partial charge in [-0.15, -0.1) is 0 Å². The summed E-state index contributed by atoms with van der Waals surface area (Å²) >= 11 is 4.07. The third kappa shape index (κ3) is 5.74. The molecule has 9 heteroatoms. The molecule has 0 radical (unpaired) electrons. The van der Waals surface area contributed by atoms with Gasteiger partial charge in [-0.2, -0.15) is 13.2 Å². The highest BCUT2D eigenvalue weighted by Crippen LogP contribution is 2.51. The fraction of sp³-hybridized carbons (Fsp3) is 0.714. The molecule has 0 aromatic carbocycles. The summed E-state index contributed by atoms with van der Waals surface area (Å²) in [7, 11) is 1.58. The minimum Gasteiger partial charge on any atom is -0.492 e. The van der Waals surface area contributed by atoms with Gasteiger partial charge in [-0.1, -0.05) is 52.3 Å². The first-order valence-electron chi connectivity index (χ1n) is 10.6. The predicted octanol–water partition coefficient (Wildman–Crippen LogP) is 5.71. The van der Waals surface area contributed by atoms with E-state index < -0.39 is 18.2 Å². The summed E-state index contributed by atoms with van der Waals surface area (Å²) in [6.45, 7) is 3.95. The molecule has 0 unspecified atom stereocenters. The number of pyridine rings is 1. The van der Waals surface area contributed by atoms with Crippen molar-refractivity contribution in [2.75, 3.05) is 13.7 Å². The molecule has 1 aromatic rings. The summed E-state index contributed by atoms with van der Waals surface area (Å²) in [4.78, 5) is 0. The molecule has 2 fully saturated rings. The highest BCUT2D eigenvalue weighted by Gasteiger charge is 2.56. The van der Waals surface area contributed by atoms with Crippen LogP contribution in [0.1, 0.15) is 76.7 Å². The number of nitrogens with zero attached hydrogens (tertiary/aromatic N) is 2. The summed E-state index contributed by atoms with van der Waals surface area (Å²) in [5.41, 5.74) is -1.06. The Morgan fingerprint density at radius 1 is 1.27 bits per heavy atom. The average Bonchev–Trinajstić information content (AvgIpc) is 3.41.